The van der Waals surface area contributed by atoms with Crippen molar-refractivity contribution in [3.05, 3.63) is 34.8 Å². The standard InChI is InChI=1S/C17H22N4OS/c1-17(2,3)15-19-20-16(23-15)18-11-14(22)21-10-6-8-12-7-4-5-9-13(12)21/h4-5,7,9H,6,8,10-11H2,1-3H3,(H,18,20). The zero-order valence-corrected chi connectivity index (χ0v) is 14.6. The maximum Gasteiger partial charge on any atom is 0.246 e. The van der Waals surface area contributed by atoms with Gasteiger partial charge in [-0.1, -0.05) is 50.3 Å². The van der Waals surface area contributed by atoms with Gasteiger partial charge in [0, 0.05) is 17.6 Å². The van der Waals surface area contributed by atoms with Crippen LogP contribution in [-0.4, -0.2) is 29.2 Å². The second-order valence-electron chi connectivity index (χ2n) is 6.79. The number of hydrogen-bond donors (Lipinski definition) is 1. The second kappa shape index (κ2) is 6.28. The maximum absolute atomic E-state index is 12.6. The normalized spacial score (nSPS) is 14.5. The van der Waals surface area contributed by atoms with Crippen LogP contribution in [0, 0.1) is 0 Å². The van der Waals surface area contributed by atoms with E-state index in [1.807, 2.05) is 23.1 Å². The molecule has 1 aliphatic rings. The summed E-state index contributed by atoms with van der Waals surface area (Å²) in [5.74, 6) is 0.0738. The number of rotatable bonds is 3. The van der Waals surface area contributed by atoms with Gasteiger partial charge in [-0.3, -0.25) is 4.79 Å². The number of aromatic nitrogens is 2. The van der Waals surface area contributed by atoms with Gasteiger partial charge < -0.3 is 10.2 Å². The molecule has 1 aliphatic heterocycles. The van der Waals surface area contributed by atoms with Crippen molar-refractivity contribution in [1.82, 2.24) is 10.2 Å². The average molecular weight is 330 g/mol. The van der Waals surface area contributed by atoms with Crippen molar-refractivity contribution in [1.29, 1.82) is 0 Å². The van der Waals surface area contributed by atoms with Crippen molar-refractivity contribution < 1.29 is 4.79 Å². The van der Waals surface area contributed by atoms with Crippen LogP contribution in [0.1, 0.15) is 37.8 Å². The lowest BCUT2D eigenvalue weighted by molar-refractivity contribution is -0.117. The number of fused-ring (bicyclic) bond motifs is 1. The Hall–Kier alpha value is -1.95. The fraction of sp³-hybridized carbons (Fsp3) is 0.471. The highest BCUT2D eigenvalue weighted by atomic mass is 32.1. The number of nitrogens with zero attached hydrogens (tertiary/aromatic N) is 3. The highest BCUT2D eigenvalue weighted by Gasteiger charge is 2.23. The van der Waals surface area contributed by atoms with Crippen molar-refractivity contribution >= 4 is 28.1 Å². The largest absolute Gasteiger partial charge is 0.351 e. The number of anilines is 2. The van der Waals surface area contributed by atoms with E-state index in [1.165, 1.54) is 16.9 Å². The fourth-order valence-electron chi connectivity index (χ4n) is 2.64. The first kappa shape index (κ1) is 15.9. The number of benzene rings is 1. The van der Waals surface area contributed by atoms with E-state index in [1.54, 1.807) is 0 Å². The van der Waals surface area contributed by atoms with Gasteiger partial charge in [-0.2, -0.15) is 0 Å². The Morgan fingerprint density at radius 3 is 2.83 bits per heavy atom. The average Bonchev–Trinajstić information content (AvgIpc) is 3.01. The molecule has 0 radical (unpaired) electrons. The van der Waals surface area contributed by atoms with Crippen LogP contribution in [0.2, 0.25) is 0 Å². The first-order valence-electron chi connectivity index (χ1n) is 7.91. The van der Waals surface area contributed by atoms with E-state index in [0.717, 1.165) is 30.1 Å². The molecule has 3 rings (SSSR count). The van der Waals surface area contributed by atoms with Gasteiger partial charge in [0.25, 0.3) is 0 Å². The lowest BCUT2D eigenvalue weighted by Crippen LogP contribution is -2.39. The molecule has 2 aromatic rings. The quantitative estimate of drug-likeness (QED) is 0.939. The molecule has 1 aromatic carbocycles. The maximum atomic E-state index is 12.6. The summed E-state index contributed by atoms with van der Waals surface area (Å²) in [4.78, 5) is 14.4. The monoisotopic (exact) mass is 330 g/mol. The molecule has 1 N–H and O–H groups in total. The van der Waals surface area contributed by atoms with E-state index < -0.39 is 0 Å². The molecule has 1 amide bonds. The minimum Gasteiger partial charge on any atom is -0.351 e. The molecule has 122 valence electrons. The predicted octanol–water partition coefficient (Wildman–Crippen LogP) is 3.23. The minimum absolute atomic E-state index is 0.0204. The smallest absolute Gasteiger partial charge is 0.246 e. The first-order chi connectivity index (χ1) is 10.9. The summed E-state index contributed by atoms with van der Waals surface area (Å²) in [5.41, 5.74) is 2.27. The Morgan fingerprint density at radius 1 is 1.30 bits per heavy atom. The highest BCUT2D eigenvalue weighted by molar-refractivity contribution is 7.15. The molecule has 0 atom stereocenters. The molecule has 5 nitrogen and oxygen atoms in total. The van der Waals surface area contributed by atoms with Crippen molar-refractivity contribution in [2.24, 2.45) is 0 Å². The molecule has 0 unspecified atom stereocenters. The van der Waals surface area contributed by atoms with Crippen molar-refractivity contribution in [3.63, 3.8) is 0 Å². The van der Waals surface area contributed by atoms with Gasteiger partial charge in [-0.25, -0.2) is 0 Å². The number of carbonyl (C=O) groups is 1. The lowest BCUT2D eigenvalue weighted by Gasteiger charge is -2.29. The fourth-order valence-corrected chi connectivity index (χ4v) is 3.43. The third-order valence-electron chi connectivity index (χ3n) is 3.87. The molecule has 6 heteroatoms. The van der Waals surface area contributed by atoms with Crippen LogP contribution in [0.25, 0.3) is 0 Å². The van der Waals surface area contributed by atoms with Gasteiger partial charge in [-0.15, -0.1) is 10.2 Å². The van der Waals surface area contributed by atoms with Gasteiger partial charge in [-0.05, 0) is 24.5 Å². The molecule has 23 heavy (non-hydrogen) atoms. The molecule has 0 spiro atoms. The van der Waals surface area contributed by atoms with Crippen LogP contribution in [0.15, 0.2) is 24.3 Å². The summed E-state index contributed by atoms with van der Waals surface area (Å²) >= 11 is 1.51. The van der Waals surface area contributed by atoms with Crippen LogP contribution in [0.4, 0.5) is 10.8 Å². The third kappa shape index (κ3) is 3.52. The molecule has 2 heterocycles. The van der Waals surface area contributed by atoms with E-state index >= 15 is 0 Å². The lowest BCUT2D eigenvalue weighted by atomic mass is 9.98. The first-order valence-corrected chi connectivity index (χ1v) is 8.73. The summed E-state index contributed by atoms with van der Waals surface area (Å²) in [7, 11) is 0. The van der Waals surface area contributed by atoms with E-state index in [4.69, 9.17) is 0 Å². The molecule has 0 saturated heterocycles. The summed E-state index contributed by atoms with van der Waals surface area (Å²) in [6.07, 6.45) is 2.05. The number of hydrogen-bond acceptors (Lipinski definition) is 5. The Kier molecular flexibility index (Phi) is 4.35. The van der Waals surface area contributed by atoms with Crippen LogP contribution in [0.3, 0.4) is 0 Å². The molecular formula is C17H22N4OS. The predicted molar refractivity (Wildman–Crippen MR) is 94.2 cm³/mol. The van der Waals surface area contributed by atoms with E-state index in [-0.39, 0.29) is 17.9 Å². The molecule has 0 fully saturated rings. The van der Waals surface area contributed by atoms with E-state index in [9.17, 15) is 4.79 Å². The highest BCUT2D eigenvalue weighted by Crippen LogP contribution is 2.28. The molecule has 0 saturated carbocycles. The number of para-hydroxylation sites is 1. The zero-order valence-electron chi connectivity index (χ0n) is 13.8. The van der Waals surface area contributed by atoms with E-state index in [2.05, 4.69) is 42.4 Å². The Bertz CT molecular complexity index is 705. The minimum atomic E-state index is -0.0204. The van der Waals surface area contributed by atoms with Gasteiger partial charge in [0.15, 0.2) is 0 Å². The molecular weight excluding hydrogens is 308 g/mol. The number of nitrogens with one attached hydrogen (secondary N) is 1. The van der Waals surface area contributed by atoms with Crippen molar-refractivity contribution in [3.8, 4) is 0 Å². The van der Waals surface area contributed by atoms with Crippen LogP contribution < -0.4 is 10.2 Å². The van der Waals surface area contributed by atoms with Crippen LogP contribution >= 0.6 is 11.3 Å². The topological polar surface area (TPSA) is 58.1 Å². The Balaban J connectivity index is 1.66. The molecule has 0 bridgehead atoms. The summed E-state index contributed by atoms with van der Waals surface area (Å²) in [6, 6.07) is 8.14. The van der Waals surface area contributed by atoms with Gasteiger partial charge in [0.1, 0.15) is 5.01 Å². The summed E-state index contributed by atoms with van der Waals surface area (Å²) in [5, 5.41) is 13.1. The number of carbonyl (C=O) groups excluding carboxylic acids is 1. The van der Waals surface area contributed by atoms with E-state index in [0.29, 0.717) is 5.13 Å². The van der Waals surface area contributed by atoms with Crippen molar-refractivity contribution in [2.45, 2.75) is 39.0 Å². The second-order valence-corrected chi connectivity index (χ2v) is 7.77. The van der Waals surface area contributed by atoms with Crippen LogP contribution in [-0.2, 0) is 16.6 Å². The van der Waals surface area contributed by atoms with Crippen molar-refractivity contribution in [2.75, 3.05) is 23.3 Å². The van der Waals surface area contributed by atoms with Gasteiger partial charge >= 0.3 is 0 Å². The number of aryl methyl sites for hydroxylation is 1. The van der Waals surface area contributed by atoms with Crippen LogP contribution in [0.5, 0.6) is 0 Å². The molecule has 0 aliphatic carbocycles. The Morgan fingerprint density at radius 2 is 2.09 bits per heavy atom. The third-order valence-corrected chi connectivity index (χ3v) is 5.18. The molecule has 1 aromatic heterocycles. The summed E-state index contributed by atoms with van der Waals surface area (Å²) in [6.45, 7) is 7.33. The van der Waals surface area contributed by atoms with Gasteiger partial charge in [0.05, 0.1) is 6.54 Å². The summed E-state index contributed by atoms with van der Waals surface area (Å²) < 4.78 is 0. The SMILES string of the molecule is CC(C)(C)c1nnc(NCC(=O)N2CCCc3ccccc32)s1. The Labute approximate surface area is 140 Å². The zero-order chi connectivity index (χ0) is 16.4. The van der Waals surface area contributed by atoms with Gasteiger partial charge in [0.2, 0.25) is 11.0 Å². The number of amides is 1.